The minimum absolute atomic E-state index is 0.325. The van der Waals surface area contributed by atoms with Crippen LogP contribution in [-0.4, -0.2) is 16.5 Å². The molecular formula is C12H14ClN3S. The summed E-state index contributed by atoms with van der Waals surface area (Å²) in [7, 11) is 0. The minimum atomic E-state index is 0.325. The molecule has 17 heavy (non-hydrogen) atoms. The van der Waals surface area contributed by atoms with Crippen molar-refractivity contribution < 1.29 is 0 Å². The average Bonchev–Trinajstić information content (AvgIpc) is 2.82. The lowest BCUT2D eigenvalue weighted by Gasteiger charge is -2.06. The zero-order valence-corrected chi connectivity index (χ0v) is 11.4. The molecule has 0 amide bonds. The van der Waals surface area contributed by atoms with E-state index in [2.05, 4.69) is 35.2 Å². The number of aryl methyl sites for hydroxylation is 1. The molecule has 0 aliphatic heterocycles. The van der Waals surface area contributed by atoms with Gasteiger partial charge >= 0.3 is 0 Å². The van der Waals surface area contributed by atoms with Crippen LogP contribution in [0.15, 0.2) is 6.07 Å². The molecule has 5 heteroatoms. The van der Waals surface area contributed by atoms with Crippen molar-refractivity contribution >= 4 is 39.0 Å². The van der Waals surface area contributed by atoms with Crippen LogP contribution in [-0.2, 0) is 0 Å². The van der Waals surface area contributed by atoms with Crippen molar-refractivity contribution in [1.29, 1.82) is 0 Å². The van der Waals surface area contributed by atoms with Crippen molar-refractivity contribution in [2.24, 2.45) is 11.8 Å². The van der Waals surface area contributed by atoms with Gasteiger partial charge in [0.15, 0.2) is 0 Å². The standard InChI is InChI=1S/C12H14ClN3S/c1-6-3-8(6)5-14-10-9-4-7(2)17-11(9)16-12(13)15-10/h4,6,8H,3,5H2,1-2H3,(H,14,15,16). The van der Waals surface area contributed by atoms with Gasteiger partial charge in [0.05, 0.1) is 5.39 Å². The molecule has 3 rings (SSSR count). The Morgan fingerprint density at radius 3 is 3.00 bits per heavy atom. The number of nitrogens with zero attached hydrogens (tertiary/aromatic N) is 2. The average molecular weight is 268 g/mol. The molecule has 0 aromatic carbocycles. The summed E-state index contributed by atoms with van der Waals surface area (Å²) in [5.41, 5.74) is 0. The van der Waals surface area contributed by atoms with Crippen molar-refractivity contribution in [2.75, 3.05) is 11.9 Å². The number of fused-ring (bicyclic) bond motifs is 1. The van der Waals surface area contributed by atoms with E-state index >= 15 is 0 Å². The number of thiophene rings is 1. The lowest BCUT2D eigenvalue weighted by Crippen LogP contribution is -2.06. The van der Waals surface area contributed by atoms with Gasteiger partial charge in [-0.15, -0.1) is 11.3 Å². The highest BCUT2D eigenvalue weighted by Gasteiger charge is 2.32. The van der Waals surface area contributed by atoms with Gasteiger partial charge in [0.2, 0.25) is 5.28 Å². The summed E-state index contributed by atoms with van der Waals surface area (Å²) in [5, 5.41) is 4.82. The van der Waals surface area contributed by atoms with Crippen LogP contribution in [0.5, 0.6) is 0 Å². The maximum atomic E-state index is 5.94. The normalized spacial score (nSPS) is 23.0. The Labute approximate surface area is 109 Å². The first-order valence-electron chi connectivity index (χ1n) is 5.81. The molecule has 1 N–H and O–H groups in total. The molecule has 1 fully saturated rings. The first-order valence-corrected chi connectivity index (χ1v) is 7.00. The third-order valence-corrected chi connectivity index (χ3v) is 4.41. The van der Waals surface area contributed by atoms with Crippen molar-refractivity contribution in [2.45, 2.75) is 20.3 Å². The maximum Gasteiger partial charge on any atom is 0.225 e. The van der Waals surface area contributed by atoms with Crippen LogP contribution >= 0.6 is 22.9 Å². The molecule has 2 atom stereocenters. The first kappa shape index (κ1) is 11.2. The fraction of sp³-hybridized carbons (Fsp3) is 0.500. The van der Waals surface area contributed by atoms with Gasteiger partial charge in [-0.3, -0.25) is 0 Å². The number of rotatable bonds is 3. The van der Waals surface area contributed by atoms with Crippen LogP contribution in [0.3, 0.4) is 0 Å². The second kappa shape index (κ2) is 4.10. The molecule has 0 saturated heterocycles. The highest BCUT2D eigenvalue weighted by atomic mass is 35.5. The van der Waals surface area contributed by atoms with Crippen LogP contribution in [0.1, 0.15) is 18.2 Å². The van der Waals surface area contributed by atoms with Gasteiger partial charge in [0, 0.05) is 11.4 Å². The van der Waals surface area contributed by atoms with E-state index in [0.29, 0.717) is 5.28 Å². The molecule has 2 unspecified atom stereocenters. The van der Waals surface area contributed by atoms with E-state index in [4.69, 9.17) is 11.6 Å². The van der Waals surface area contributed by atoms with E-state index in [-0.39, 0.29) is 0 Å². The summed E-state index contributed by atoms with van der Waals surface area (Å²) >= 11 is 7.59. The molecule has 0 radical (unpaired) electrons. The topological polar surface area (TPSA) is 37.8 Å². The van der Waals surface area contributed by atoms with Gasteiger partial charge in [-0.05, 0) is 42.8 Å². The molecule has 0 bridgehead atoms. The predicted octanol–water partition coefficient (Wildman–Crippen LogP) is 3.72. The van der Waals surface area contributed by atoms with Crippen molar-refractivity contribution in [3.63, 3.8) is 0 Å². The Balaban J connectivity index is 1.90. The van der Waals surface area contributed by atoms with E-state index in [1.54, 1.807) is 11.3 Å². The molecule has 1 aliphatic carbocycles. The quantitative estimate of drug-likeness (QED) is 0.862. The Hall–Kier alpha value is -0.870. The molecule has 2 aromatic heterocycles. The van der Waals surface area contributed by atoms with E-state index in [0.717, 1.165) is 34.4 Å². The van der Waals surface area contributed by atoms with E-state index in [1.807, 2.05) is 0 Å². The van der Waals surface area contributed by atoms with Crippen molar-refractivity contribution in [3.8, 4) is 0 Å². The second-order valence-electron chi connectivity index (χ2n) is 4.77. The number of halogens is 1. The molecule has 1 aliphatic rings. The highest BCUT2D eigenvalue weighted by Crippen LogP contribution is 2.38. The lowest BCUT2D eigenvalue weighted by molar-refractivity contribution is 0.785. The summed E-state index contributed by atoms with van der Waals surface area (Å²) in [6.45, 7) is 5.34. The second-order valence-corrected chi connectivity index (χ2v) is 6.34. The van der Waals surface area contributed by atoms with Gasteiger partial charge in [-0.1, -0.05) is 6.92 Å². The SMILES string of the molecule is Cc1cc2c(NCC3CC3C)nc(Cl)nc2s1. The van der Waals surface area contributed by atoms with Gasteiger partial charge in [-0.2, -0.15) is 0 Å². The van der Waals surface area contributed by atoms with E-state index in [1.165, 1.54) is 11.3 Å². The zero-order chi connectivity index (χ0) is 12.0. The Morgan fingerprint density at radius 1 is 1.53 bits per heavy atom. The molecular weight excluding hydrogens is 254 g/mol. The fourth-order valence-corrected chi connectivity index (χ4v) is 3.16. The summed E-state index contributed by atoms with van der Waals surface area (Å²) in [6, 6.07) is 2.12. The molecule has 3 nitrogen and oxygen atoms in total. The van der Waals surface area contributed by atoms with Crippen LogP contribution in [0.25, 0.3) is 10.2 Å². The van der Waals surface area contributed by atoms with Gasteiger partial charge < -0.3 is 5.32 Å². The van der Waals surface area contributed by atoms with E-state index in [9.17, 15) is 0 Å². The van der Waals surface area contributed by atoms with Gasteiger partial charge in [0.1, 0.15) is 10.6 Å². The summed E-state index contributed by atoms with van der Waals surface area (Å²) in [6.07, 6.45) is 1.32. The fourth-order valence-electron chi connectivity index (χ4n) is 2.06. The highest BCUT2D eigenvalue weighted by molar-refractivity contribution is 7.18. The third-order valence-electron chi connectivity index (χ3n) is 3.30. The smallest absolute Gasteiger partial charge is 0.225 e. The minimum Gasteiger partial charge on any atom is -0.369 e. The van der Waals surface area contributed by atoms with Crippen LogP contribution in [0, 0.1) is 18.8 Å². The largest absolute Gasteiger partial charge is 0.369 e. The molecule has 2 heterocycles. The first-order chi connectivity index (χ1) is 8.13. The summed E-state index contributed by atoms with van der Waals surface area (Å²) in [4.78, 5) is 10.7. The van der Waals surface area contributed by atoms with Crippen LogP contribution in [0.2, 0.25) is 5.28 Å². The Morgan fingerprint density at radius 2 is 2.29 bits per heavy atom. The van der Waals surface area contributed by atoms with E-state index < -0.39 is 0 Å². The summed E-state index contributed by atoms with van der Waals surface area (Å²) in [5.74, 6) is 2.52. The molecule has 0 spiro atoms. The third kappa shape index (κ3) is 2.24. The Kier molecular flexibility index (Phi) is 2.71. The van der Waals surface area contributed by atoms with Crippen LogP contribution in [0.4, 0.5) is 5.82 Å². The number of aromatic nitrogens is 2. The molecule has 1 saturated carbocycles. The number of hydrogen-bond acceptors (Lipinski definition) is 4. The monoisotopic (exact) mass is 267 g/mol. The Bertz CT molecular complexity index is 566. The predicted molar refractivity (Wildman–Crippen MR) is 72.9 cm³/mol. The molecule has 90 valence electrons. The van der Waals surface area contributed by atoms with Crippen LogP contribution < -0.4 is 5.32 Å². The van der Waals surface area contributed by atoms with Crippen molar-refractivity contribution in [1.82, 2.24) is 9.97 Å². The maximum absolute atomic E-state index is 5.94. The zero-order valence-electron chi connectivity index (χ0n) is 9.83. The number of nitrogens with one attached hydrogen (secondary N) is 1. The lowest BCUT2D eigenvalue weighted by atomic mass is 10.3. The molecule has 2 aromatic rings. The van der Waals surface area contributed by atoms with Gasteiger partial charge in [0.25, 0.3) is 0 Å². The number of anilines is 1. The summed E-state index contributed by atoms with van der Waals surface area (Å²) < 4.78 is 0. The number of hydrogen-bond donors (Lipinski definition) is 1. The van der Waals surface area contributed by atoms with Crippen molar-refractivity contribution in [3.05, 3.63) is 16.2 Å². The van der Waals surface area contributed by atoms with Gasteiger partial charge in [-0.25, -0.2) is 9.97 Å².